The number of carbonyl (C=O) groups excluding carboxylic acids is 1. The van der Waals surface area contributed by atoms with Gasteiger partial charge in [-0.3, -0.25) is 4.79 Å². The van der Waals surface area contributed by atoms with Crippen molar-refractivity contribution in [2.24, 2.45) is 5.41 Å². The summed E-state index contributed by atoms with van der Waals surface area (Å²) >= 11 is 7.29. The molecule has 0 aromatic carbocycles. The van der Waals surface area contributed by atoms with Crippen LogP contribution >= 0.6 is 22.9 Å². The molecule has 1 aliphatic carbocycles. The average Bonchev–Trinajstić information content (AvgIpc) is 2.89. The number of hydrogen-bond donors (Lipinski definition) is 2. The van der Waals surface area contributed by atoms with Crippen LogP contribution in [0.4, 0.5) is 0 Å². The number of thiophene rings is 1. The predicted molar refractivity (Wildman–Crippen MR) is 90.0 cm³/mol. The number of aliphatic carboxylic acids is 1. The molecule has 2 unspecified atom stereocenters. The third-order valence-electron chi connectivity index (χ3n) is 4.71. The lowest BCUT2D eigenvalue weighted by atomic mass is 9.54. The SMILES string of the molecule is CCOC1CC(NC(=O)CCc2ccc(Cl)s2)(C(=O)O)C1(C)C. The van der Waals surface area contributed by atoms with Crippen molar-refractivity contribution in [3.05, 3.63) is 21.3 Å². The van der Waals surface area contributed by atoms with Crippen LogP contribution in [0.15, 0.2) is 12.1 Å². The summed E-state index contributed by atoms with van der Waals surface area (Å²) in [5, 5.41) is 12.4. The van der Waals surface area contributed by atoms with E-state index in [9.17, 15) is 14.7 Å². The Labute approximate surface area is 145 Å². The quantitative estimate of drug-likeness (QED) is 0.784. The second-order valence-corrected chi connectivity index (χ2v) is 8.13. The van der Waals surface area contributed by atoms with Gasteiger partial charge in [-0.25, -0.2) is 4.79 Å². The van der Waals surface area contributed by atoms with E-state index < -0.39 is 16.9 Å². The highest BCUT2D eigenvalue weighted by Gasteiger charge is 2.66. The molecule has 0 saturated heterocycles. The monoisotopic (exact) mass is 359 g/mol. The molecule has 1 fully saturated rings. The van der Waals surface area contributed by atoms with Crippen LogP contribution in [-0.4, -0.2) is 35.2 Å². The number of rotatable bonds is 7. The third-order valence-corrected chi connectivity index (χ3v) is 6.00. The molecule has 1 aromatic heterocycles. The molecule has 0 bridgehead atoms. The lowest BCUT2D eigenvalue weighted by molar-refractivity contribution is -0.194. The van der Waals surface area contributed by atoms with Gasteiger partial charge in [-0.05, 0) is 25.5 Å². The standard InChI is InChI=1S/C16H22ClNO4S/c1-4-22-11-9-16(14(20)21,15(11,2)3)18-13(19)8-6-10-5-7-12(17)23-10/h5,7,11H,4,6,8-9H2,1-3H3,(H,18,19)(H,20,21). The van der Waals surface area contributed by atoms with E-state index in [-0.39, 0.29) is 18.4 Å². The molecule has 0 radical (unpaired) electrons. The van der Waals surface area contributed by atoms with Crippen molar-refractivity contribution in [1.29, 1.82) is 0 Å². The van der Waals surface area contributed by atoms with Crippen LogP contribution in [0.1, 0.15) is 38.5 Å². The van der Waals surface area contributed by atoms with Gasteiger partial charge < -0.3 is 15.2 Å². The number of nitrogens with one attached hydrogen (secondary N) is 1. The lowest BCUT2D eigenvalue weighted by Gasteiger charge is -2.58. The minimum absolute atomic E-state index is 0.167. The Morgan fingerprint density at radius 2 is 2.17 bits per heavy atom. The van der Waals surface area contributed by atoms with Gasteiger partial charge in [0.1, 0.15) is 5.54 Å². The Kier molecular flexibility index (Phi) is 5.38. The van der Waals surface area contributed by atoms with Crippen LogP contribution in [0.5, 0.6) is 0 Å². The van der Waals surface area contributed by atoms with E-state index in [1.807, 2.05) is 26.8 Å². The summed E-state index contributed by atoms with van der Waals surface area (Å²) < 4.78 is 6.27. The zero-order valence-electron chi connectivity index (χ0n) is 13.5. The molecule has 2 N–H and O–H groups in total. The number of ether oxygens (including phenoxy) is 1. The fraction of sp³-hybridized carbons (Fsp3) is 0.625. The summed E-state index contributed by atoms with van der Waals surface area (Å²) in [6.07, 6.45) is 0.912. The largest absolute Gasteiger partial charge is 0.479 e. The van der Waals surface area contributed by atoms with Crippen molar-refractivity contribution in [1.82, 2.24) is 5.32 Å². The highest BCUT2D eigenvalue weighted by Crippen LogP contribution is 2.51. The van der Waals surface area contributed by atoms with Crippen LogP contribution in [-0.2, 0) is 20.7 Å². The van der Waals surface area contributed by atoms with Gasteiger partial charge in [0, 0.05) is 29.7 Å². The number of carboxylic acids is 1. The molecule has 1 aliphatic rings. The number of hydrogen-bond acceptors (Lipinski definition) is 4. The first kappa shape index (κ1) is 18.2. The molecule has 0 aliphatic heterocycles. The number of carboxylic acid groups (broad SMARTS) is 1. The Morgan fingerprint density at radius 3 is 2.65 bits per heavy atom. The van der Waals surface area contributed by atoms with Gasteiger partial charge in [-0.15, -0.1) is 11.3 Å². The first-order valence-electron chi connectivity index (χ1n) is 7.63. The molecule has 1 amide bonds. The maximum absolute atomic E-state index is 12.2. The number of carbonyl (C=O) groups is 2. The zero-order chi connectivity index (χ0) is 17.3. The number of amides is 1. The smallest absolute Gasteiger partial charge is 0.330 e. The van der Waals surface area contributed by atoms with Crippen LogP contribution < -0.4 is 5.32 Å². The Morgan fingerprint density at radius 1 is 1.48 bits per heavy atom. The van der Waals surface area contributed by atoms with Crippen molar-refractivity contribution in [3.63, 3.8) is 0 Å². The maximum atomic E-state index is 12.2. The van der Waals surface area contributed by atoms with E-state index in [0.29, 0.717) is 23.8 Å². The molecule has 2 atom stereocenters. The molecule has 7 heteroatoms. The average molecular weight is 360 g/mol. The molecule has 1 saturated carbocycles. The Bertz CT molecular complexity index is 601. The molecular formula is C16H22ClNO4S. The molecule has 0 spiro atoms. The van der Waals surface area contributed by atoms with E-state index in [1.54, 1.807) is 6.07 Å². The minimum Gasteiger partial charge on any atom is -0.479 e. The Balaban J connectivity index is 2.00. The Hall–Kier alpha value is -1.11. The number of aryl methyl sites for hydroxylation is 1. The van der Waals surface area contributed by atoms with Crippen LogP contribution in [0.3, 0.4) is 0 Å². The van der Waals surface area contributed by atoms with Crippen LogP contribution in [0, 0.1) is 5.41 Å². The summed E-state index contributed by atoms with van der Waals surface area (Å²) in [6.45, 7) is 6.05. The van der Waals surface area contributed by atoms with Crippen molar-refractivity contribution in [3.8, 4) is 0 Å². The summed E-state index contributed by atoms with van der Waals surface area (Å²) in [5.74, 6) is -1.27. The molecule has 1 heterocycles. The van der Waals surface area contributed by atoms with Crippen molar-refractivity contribution < 1.29 is 19.4 Å². The van der Waals surface area contributed by atoms with Gasteiger partial charge in [0.15, 0.2) is 0 Å². The predicted octanol–water partition coefficient (Wildman–Crippen LogP) is 3.11. The molecule has 23 heavy (non-hydrogen) atoms. The summed E-state index contributed by atoms with van der Waals surface area (Å²) in [5.41, 5.74) is -1.92. The first-order valence-corrected chi connectivity index (χ1v) is 8.82. The van der Waals surface area contributed by atoms with Gasteiger partial charge in [0.2, 0.25) is 5.91 Å². The third kappa shape index (κ3) is 3.39. The topological polar surface area (TPSA) is 75.6 Å². The van der Waals surface area contributed by atoms with Crippen LogP contribution in [0.25, 0.3) is 0 Å². The number of halogens is 1. The second-order valence-electron chi connectivity index (χ2n) is 6.33. The van der Waals surface area contributed by atoms with Gasteiger partial charge in [-0.1, -0.05) is 25.4 Å². The highest BCUT2D eigenvalue weighted by atomic mass is 35.5. The van der Waals surface area contributed by atoms with E-state index in [2.05, 4.69) is 5.32 Å². The van der Waals surface area contributed by atoms with Crippen molar-refractivity contribution in [2.75, 3.05) is 6.61 Å². The normalized spacial score (nSPS) is 25.7. The minimum atomic E-state index is -1.27. The van der Waals surface area contributed by atoms with Gasteiger partial charge in [0.05, 0.1) is 10.4 Å². The van der Waals surface area contributed by atoms with Crippen molar-refractivity contribution in [2.45, 2.75) is 51.7 Å². The van der Waals surface area contributed by atoms with E-state index in [1.165, 1.54) is 11.3 Å². The van der Waals surface area contributed by atoms with Crippen molar-refractivity contribution >= 4 is 34.8 Å². The van der Waals surface area contributed by atoms with Crippen LogP contribution in [0.2, 0.25) is 4.34 Å². The molecular weight excluding hydrogens is 338 g/mol. The van der Waals surface area contributed by atoms with E-state index in [4.69, 9.17) is 16.3 Å². The fourth-order valence-corrected chi connectivity index (χ4v) is 4.15. The van der Waals surface area contributed by atoms with E-state index in [0.717, 1.165) is 4.88 Å². The molecule has 5 nitrogen and oxygen atoms in total. The fourth-order valence-electron chi connectivity index (χ4n) is 3.06. The maximum Gasteiger partial charge on any atom is 0.330 e. The summed E-state index contributed by atoms with van der Waals surface area (Å²) in [6, 6.07) is 3.67. The van der Waals surface area contributed by atoms with Gasteiger partial charge in [0.25, 0.3) is 0 Å². The second kappa shape index (κ2) is 6.79. The van der Waals surface area contributed by atoms with Gasteiger partial charge in [-0.2, -0.15) is 0 Å². The summed E-state index contributed by atoms with van der Waals surface area (Å²) in [4.78, 5) is 25.0. The lowest BCUT2D eigenvalue weighted by Crippen LogP contribution is -2.76. The molecule has 1 aromatic rings. The first-order chi connectivity index (χ1) is 10.7. The molecule has 2 rings (SSSR count). The van der Waals surface area contributed by atoms with E-state index >= 15 is 0 Å². The highest BCUT2D eigenvalue weighted by molar-refractivity contribution is 7.16. The summed E-state index contributed by atoms with van der Waals surface area (Å²) in [7, 11) is 0. The molecule has 128 valence electrons. The van der Waals surface area contributed by atoms with Gasteiger partial charge >= 0.3 is 5.97 Å². The zero-order valence-corrected chi connectivity index (χ0v) is 15.1.